The zero-order chi connectivity index (χ0) is 37.2. The van der Waals surface area contributed by atoms with Crippen LogP contribution in [0.15, 0.2) is 124 Å². The van der Waals surface area contributed by atoms with Gasteiger partial charge in [0.2, 0.25) is 5.69 Å². The normalized spacial score (nSPS) is 19.1. The Morgan fingerprint density at radius 2 is 1.60 bits per heavy atom. The van der Waals surface area contributed by atoms with Gasteiger partial charge < -0.3 is 4.90 Å². The summed E-state index contributed by atoms with van der Waals surface area (Å²) in [6.07, 6.45) is 13.9. The van der Waals surface area contributed by atoms with Crippen LogP contribution in [0.4, 0.5) is 11.4 Å². The number of fused-ring (bicyclic) bond motifs is 6. The molecular weight excluding hydrogens is 708 g/mol. The smallest absolute Gasteiger partial charge is 0.210 e. The predicted octanol–water partition coefficient (Wildman–Crippen LogP) is 12.3. The molecule has 0 saturated carbocycles. The van der Waals surface area contributed by atoms with Gasteiger partial charge in [0.15, 0.2) is 5.71 Å². The highest BCUT2D eigenvalue weighted by molar-refractivity contribution is 8.03. The number of nitrogens with zero attached hydrogens (tertiary/aromatic N) is 4. The summed E-state index contributed by atoms with van der Waals surface area (Å²) in [4.78, 5) is 6.68. The zero-order valence-corrected chi connectivity index (χ0v) is 33.5. The van der Waals surface area contributed by atoms with Crippen LogP contribution in [0.25, 0.3) is 21.5 Å². The summed E-state index contributed by atoms with van der Waals surface area (Å²) in [6.45, 7) is 11.7. The van der Waals surface area contributed by atoms with Crippen LogP contribution < -0.4 is 4.90 Å². The summed E-state index contributed by atoms with van der Waals surface area (Å²) >= 11 is 13.5. The maximum Gasteiger partial charge on any atom is 0.210 e. The van der Waals surface area contributed by atoms with Crippen LogP contribution in [-0.2, 0) is 10.8 Å². The standard InChI is InChI=1S/C46H46ClN4S2/c1-45(2)40(50(27-10-26-49-31-52)38-22-18-32-12-5-7-16-36(32)42(38)45)24-20-34-14-9-15-35(44(34)47)21-25-41-46(3,4)43-37-17-8-6-13-33(37)19-23-39(43)51(41)28-11-29-53-30-48/h5-8,12-13,16-25H,9-11,14-15,26-29H2,1-4H3/q+1. The van der Waals surface area contributed by atoms with E-state index in [0.29, 0.717) is 6.54 Å². The van der Waals surface area contributed by atoms with Gasteiger partial charge in [0, 0.05) is 58.3 Å². The van der Waals surface area contributed by atoms with Crippen molar-refractivity contribution in [2.45, 2.75) is 70.6 Å². The average molecular weight is 754 g/mol. The van der Waals surface area contributed by atoms with E-state index in [1.165, 1.54) is 78.4 Å². The second kappa shape index (κ2) is 15.6. The minimum atomic E-state index is -0.203. The van der Waals surface area contributed by atoms with Crippen molar-refractivity contribution in [3.8, 4) is 5.40 Å². The van der Waals surface area contributed by atoms with Crippen molar-refractivity contribution in [3.63, 3.8) is 0 Å². The monoisotopic (exact) mass is 753 g/mol. The fourth-order valence-corrected chi connectivity index (χ4v) is 9.58. The number of thioether (sulfide) groups is 1. The lowest BCUT2D eigenvalue weighted by Crippen LogP contribution is -2.28. The fourth-order valence-electron chi connectivity index (χ4n) is 8.81. The fraction of sp³-hybridized carbons (Fsp3) is 0.326. The lowest BCUT2D eigenvalue weighted by atomic mass is 9.78. The third kappa shape index (κ3) is 6.97. The summed E-state index contributed by atoms with van der Waals surface area (Å²) in [6, 6.07) is 26.4. The highest BCUT2D eigenvalue weighted by Gasteiger charge is 2.45. The molecule has 0 unspecified atom stereocenters. The Balaban J connectivity index is 1.25. The molecule has 0 amide bonds. The first-order valence-corrected chi connectivity index (χ1v) is 20.5. The van der Waals surface area contributed by atoms with Gasteiger partial charge in [0.1, 0.15) is 11.9 Å². The quantitative estimate of drug-likeness (QED) is 0.0503. The third-order valence-electron chi connectivity index (χ3n) is 11.3. The minimum absolute atomic E-state index is 0.201. The molecule has 7 heteroatoms. The Morgan fingerprint density at radius 3 is 2.34 bits per heavy atom. The molecule has 268 valence electrons. The van der Waals surface area contributed by atoms with Gasteiger partial charge in [-0.1, -0.05) is 92.2 Å². The van der Waals surface area contributed by atoms with Crippen molar-refractivity contribution in [2.24, 2.45) is 4.99 Å². The minimum Gasteiger partial charge on any atom is -0.344 e. The molecule has 2 heterocycles. The van der Waals surface area contributed by atoms with E-state index >= 15 is 0 Å². The van der Waals surface area contributed by atoms with E-state index in [0.717, 1.165) is 56.0 Å². The average Bonchev–Trinajstić information content (AvgIpc) is 3.52. The number of thiocarbonyl (C=S) groups is 1. The van der Waals surface area contributed by atoms with Crippen LogP contribution in [0.3, 0.4) is 0 Å². The number of thiocyanates is 1. The van der Waals surface area contributed by atoms with Crippen molar-refractivity contribution in [1.29, 1.82) is 5.26 Å². The van der Waals surface area contributed by atoms with Crippen LogP contribution in [-0.4, -0.2) is 40.8 Å². The maximum atomic E-state index is 9.16. The molecule has 53 heavy (non-hydrogen) atoms. The van der Waals surface area contributed by atoms with Gasteiger partial charge in [-0.15, -0.1) is 0 Å². The van der Waals surface area contributed by atoms with Crippen LogP contribution in [0.5, 0.6) is 0 Å². The third-order valence-corrected chi connectivity index (χ3v) is 12.5. The second-order valence-corrected chi connectivity index (χ2v) is 16.6. The molecule has 0 fully saturated rings. The first-order chi connectivity index (χ1) is 25.7. The molecule has 3 aliphatic rings. The van der Waals surface area contributed by atoms with E-state index in [9.17, 15) is 0 Å². The number of hydrogen-bond donors (Lipinski definition) is 0. The lowest BCUT2D eigenvalue weighted by molar-refractivity contribution is -0.437. The van der Waals surface area contributed by atoms with Crippen molar-refractivity contribution in [3.05, 3.63) is 130 Å². The number of hydrogen-bond acceptors (Lipinski definition) is 5. The number of allylic oxidation sites excluding steroid dienone is 8. The van der Waals surface area contributed by atoms with Crippen molar-refractivity contribution in [1.82, 2.24) is 0 Å². The van der Waals surface area contributed by atoms with Crippen LogP contribution in [0.1, 0.15) is 70.9 Å². The lowest BCUT2D eigenvalue weighted by Gasteiger charge is -2.27. The van der Waals surface area contributed by atoms with Gasteiger partial charge in [0.05, 0.1) is 17.1 Å². The van der Waals surface area contributed by atoms with Gasteiger partial charge >= 0.3 is 0 Å². The Bertz CT molecular complexity index is 2350. The second-order valence-electron chi connectivity index (χ2n) is 15.2. The number of halogens is 1. The summed E-state index contributed by atoms with van der Waals surface area (Å²) in [5, 5.41) is 19.9. The Hall–Kier alpha value is -4.24. The Labute approximate surface area is 329 Å². The van der Waals surface area contributed by atoms with E-state index in [1.54, 1.807) is 0 Å². The Morgan fingerprint density at radius 1 is 0.887 bits per heavy atom. The van der Waals surface area contributed by atoms with Crippen molar-refractivity contribution >= 4 is 79.4 Å². The number of rotatable bonds is 11. The number of nitriles is 1. The highest BCUT2D eigenvalue weighted by Crippen LogP contribution is 2.51. The molecule has 0 N–H and O–H groups in total. The molecular formula is C46H46ClN4S2+. The largest absolute Gasteiger partial charge is 0.344 e. The first-order valence-electron chi connectivity index (χ1n) is 18.7. The van der Waals surface area contributed by atoms with Crippen LogP contribution in [0.2, 0.25) is 0 Å². The number of benzene rings is 4. The zero-order valence-electron chi connectivity index (χ0n) is 31.1. The topological polar surface area (TPSA) is 42.4 Å². The Kier molecular flexibility index (Phi) is 10.9. The summed E-state index contributed by atoms with van der Waals surface area (Å²) in [7, 11) is 0. The number of aliphatic imine (C=N–C) groups is 1. The van der Waals surface area contributed by atoms with Crippen molar-refractivity contribution in [2.75, 3.05) is 30.3 Å². The molecule has 1 aliphatic carbocycles. The molecule has 0 aromatic heterocycles. The van der Waals surface area contributed by atoms with E-state index in [4.69, 9.17) is 29.1 Å². The molecule has 0 saturated heterocycles. The molecule has 7 rings (SSSR count). The summed E-state index contributed by atoms with van der Waals surface area (Å²) < 4.78 is 2.48. The highest BCUT2D eigenvalue weighted by atomic mass is 35.5. The molecule has 0 radical (unpaired) electrons. The van der Waals surface area contributed by atoms with E-state index in [2.05, 4.69) is 150 Å². The molecule has 2 aliphatic heterocycles. The first kappa shape index (κ1) is 37.1. The maximum absolute atomic E-state index is 9.16. The number of anilines is 1. The molecule has 4 aromatic rings. The van der Waals surface area contributed by atoms with Crippen molar-refractivity contribution < 1.29 is 4.58 Å². The summed E-state index contributed by atoms with van der Waals surface area (Å²) in [5.74, 6) is 0.810. The van der Waals surface area contributed by atoms with Gasteiger partial charge in [-0.05, 0) is 120 Å². The van der Waals surface area contributed by atoms with Gasteiger partial charge in [-0.25, -0.2) is 4.99 Å². The van der Waals surface area contributed by atoms with E-state index in [1.807, 2.05) is 0 Å². The van der Waals surface area contributed by atoms with Crippen LogP contribution >= 0.6 is 35.6 Å². The summed E-state index contributed by atoms with van der Waals surface area (Å²) in [5.41, 5.74) is 9.76. The molecule has 0 bridgehead atoms. The van der Waals surface area contributed by atoms with Gasteiger partial charge in [0.25, 0.3) is 0 Å². The number of isothiocyanates is 1. The molecule has 4 aromatic carbocycles. The molecule has 0 spiro atoms. The predicted molar refractivity (Wildman–Crippen MR) is 230 cm³/mol. The molecule has 4 nitrogen and oxygen atoms in total. The van der Waals surface area contributed by atoms with Crippen LogP contribution in [0, 0.1) is 10.7 Å². The van der Waals surface area contributed by atoms with E-state index in [-0.39, 0.29) is 10.8 Å². The van der Waals surface area contributed by atoms with Gasteiger partial charge in [-0.2, -0.15) is 9.84 Å². The molecule has 0 atom stereocenters. The SMILES string of the molecule is CC1(C)C(/C=C/C2=C(Cl)C(=C/C=C3/N(CCCN=C=S)c4ccc5ccccc5c4C3(C)C)/CCC2)=[N+](CCCSC#N)c2ccc3ccccc3c21. The van der Waals surface area contributed by atoms with Gasteiger partial charge in [-0.3, -0.25) is 0 Å². The van der Waals surface area contributed by atoms with E-state index < -0.39 is 0 Å².